The average Bonchev–Trinajstić information content (AvgIpc) is 3.27. The number of carboxylic acids is 1. The van der Waals surface area contributed by atoms with Gasteiger partial charge in [-0.05, 0) is 29.2 Å². The lowest BCUT2D eigenvalue weighted by Crippen LogP contribution is -2.07. The maximum Gasteiger partial charge on any atom is 0.336 e. The molecule has 172 valence electrons. The monoisotopic (exact) mass is 453 g/mol. The minimum Gasteiger partial charge on any atom is -0.478 e. The fraction of sp³-hybridized carbons (Fsp3) is 0.214. The summed E-state index contributed by atoms with van der Waals surface area (Å²) in [5.74, 6) is -0.175. The molecule has 0 unspecified atom stereocenters. The number of nitrogens with zero attached hydrogens (tertiary/aromatic N) is 3. The average molecular weight is 454 g/mol. The van der Waals surface area contributed by atoms with Gasteiger partial charge in [-0.15, -0.1) is 5.10 Å². The van der Waals surface area contributed by atoms with E-state index in [-0.39, 0.29) is 17.2 Å². The second-order valence-corrected chi connectivity index (χ2v) is 8.20. The third kappa shape index (κ3) is 5.29. The van der Waals surface area contributed by atoms with E-state index in [9.17, 15) is 14.7 Å². The van der Waals surface area contributed by atoms with Crippen LogP contribution in [0, 0.1) is 0 Å². The zero-order valence-electron chi connectivity index (χ0n) is 19.1. The zero-order chi connectivity index (χ0) is 23.9. The number of benzene rings is 3. The van der Waals surface area contributed by atoms with Gasteiger partial charge >= 0.3 is 5.97 Å². The highest BCUT2D eigenvalue weighted by Gasteiger charge is 2.18. The summed E-state index contributed by atoms with van der Waals surface area (Å²) < 4.78 is 1.85. The molecular weight excluding hydrogens is 426 g/mol. The van der Waals surface area contributed by atoms with Crippen LogP contribution in [0.15, 0.2) is 78.9 Å². The Kier molecular flexibility index (Phi) is 7.28. The van der Waals surface area contributed by atoms with E-state index in [1.807, 2.05) is 59.3 Å². The molecule has 6 nitrogen and oxygen atoms in total. The summed E-state index contributed by atoms with van der Waals surface area (Å²) in [4.78, 5) is 29.1. The third-order valence-corrected chi connectivity index (χ3v) is 5.75. The Balaban J connectivity index is 1.59. The predicted molar refractivity (Wildman–Crippen MR) is 131 cm³/mol. The van der Waals surface area contributed by atoms with Gasteiger partial charge < -0.3 is 5.11 Å². The van der Waals surface area contributed by atoms with Crippen molar-refractivity contribution in [2.45, 2.75) is 39.2 Å². The van der Waals surface area contributed by atoms with Gasteiger partial charge in [-0.3, -0.25) is 4.79 Å². The van der Waals surface area contributed by atoms with Crippen molar-refractivity contribution in [3.63, 3.8) is 0 Å². The lowest BCUT2D eigenvalue weighted by Gasteiger charge is -2.08. The van der Waals surface area contributed by atoms with Crippen molar-refractivity contribution in [1.29, 1.82) is 0 Å². The van der Waals surface area contributed by atoms with Crippen LogP contribution in [0.1, 0.15) is 64.1 Å². The van der Waals surface area contributed by atoms with E-state index >= 15 is 0 Å². The van der Waals surface area contributed by atoms with Crippen LogP contribution in [0.5, 0.6) is 0 Å². The summed E-state index contributed by atoms with van der Waals surface area (Å²) in [5.41, 5.74) is 3.38. The Morgan fingerprint density at radius 1 is 0.882 bits per heavy atom. The van der Waals surface area contributed by atoms with Gasteiger partial charge in [0, 0.05) is 18.5 Å². The van der Waals surface area contributed by atoms with Crippen LogP contribution in [0.25, 0.3) is 11.1 Å². The maximum atomic E-state index is 12.9. The molecule has 0 aliphatic carbocycles. The van der Waals surface area contributed by atoms with Gasteiger partial charge in [0.15, 0.2) is 0 Å². The van der Waals surface area contributed by atoms with Gasteiger partial charge in [-0.2, -0.15) is 0 Å². The molecule has 0 bridgehead atoms. The molecule has 1 aromatic heterocycles. The largest absolute Gasteiger partial charge is 0.478 e. The van der Waals surface area contributed by atoms with Gasteiger partial charge in [-0.1, -0.05) is 92.6 Å². The van der Waals surface area contributed by atoms with Crippen molar-refractivity contribution in [2.24, 2.45) is 0 Å². The van der Waals surface area contributed by atoms with Crippen LogP contribution < -0.4 is 0 Å². The summed E-state index contributed by atoms with van der Waals surface area (Å²) in [6, 6.07) is 23.8. The van der Waals surface area contributed by atoms with Crippen LogP contribution in [0.2, 0.25) is 0 Å². The molecule has 0 amide bonds. The van der Waals surface area contributed by atoms with Crippen LogP contribution in [0.4, 0.5) is 0 Å². The number of hydrogen-bond donors (Lipinski definition) is 1. The van der Waals surface area contributed by atoms with Crippen LogP contribution in [-0.2, 0) is 13.0 Å². The maximum absolute atomic E-state index is 12.9. The van der Waals surface area contributed by atoms with E-state index in [4.69, 9.17) is 0 Å². The number of carbonyl (C=O) groups is 2. The SMILES string of the molecule is CCCCCn1nc(C(=O)c2ccccc2)nc1Cc1ccc(-c2ccccc2C(=O)O)cc1. The number of unbranched alkanes of at least 4 members (excludes halogenated alkanes) is 2. The molecule has 0 aliphatic heterocycles. The fourth-order valence-corrected chi connectivity index (χ4v) is 3.92. The topological polar surface area (TPSA) is 85.1 Å². The first kappa shape index (κ1) is 23.1. The summed E-state index contributed by atoms with van der Waals surface area (Å²) in [6.07, 6.45) is 3.68. The lowest BCUT2D eigenvalue weighted by atomic mass is 9.98. The summed E-state index contributed by atoms with van der Waals surface area (Å²) >= 11 is 0. The van der Waals surface area contributed by atoms with Gasteiger partial charge in [0.1, 0.15) is 5.82 Å². The molecule has 4 rings (SSSR count). The third-order valence-electron chi connectivity index (χ3n) is 5.75. The molecule has 34 heavy (non-hydrogen) atoms. The summed E-state index contributed by atoms with van der Waals surface area (Å²) in [6.45, 7) is 2.86. The highest BCUT2D eigenvalue weighted by molar-refractivity contribution is 6.06. The van der Waals surface area contributed by atoms with E-state index in [2.05, 4.69) is 17.0 Å². The fourth-order valence-electron chi connectivity index (χ4n) is 3.92. The molecule has 0 saturated heterocycles. The van der Waals surface area contributed by atoms with Crippen molar-refractivity contribution in [2.75, 3.05) is 0 Å². The zero-order valence-corrected chi connectivity index (χ0v) is 19.1. The number of aromatic nitrogens is 3. The van der Waals surface area contributed by atoms with Crippen LogP contribution >= 0.6 is 0 Å². The highest BCUT2D eigenvalue weighted by atomic mass is 16.4. The standard InChI is InChI=1S/C28H27N3O3/c1-2-3-9-18-31-25(29-27(30-31)26(32)22-10-5-4-6-11-22)19-20-14-16-21(17-15-20)23-12-7-8-13-24(23)28(33)34/h4-8,10-17H,2-3,9,18-19H2,1H3,(H,33,34). The number of ketones is 1. The molecule has 0 saturated carbocycles. The van der Waals surface area contributed by atoms with Gasteiger partial charge in [-0.25, -0.2) is 14.5 Å². The Morgan fingerprint density at radius 3 is 2.29 bits per heavy atom. The van der Waals surface area contributed by atoms with Crippen molar-refractivity contribution >= 4 is 11.8 Å². The molecular formula is C28H27N3O3. The summed E-state index contributed by atoms with van der Waals surface area (Å²) in [5, 5.41) is 14.0. The molecule has 1 N–H and O–H groups in total. The van der Waals surface area contributed by atoms with Crippen LogP contribution in [0.3, 0.4) is 0 Å². The first-order chi connectivity index (χ1) is 16.6. The van der Waals surface area contributed by atoms with Crippen molar-refractivity contribution in [3.05, 3.63) is 107 Å². The number of carboxylic acid groups (broad SMARTS) is 1. The smallest absolute Gasteiger partial charge is 0.336 e. The van der Waals surface area contributed by atoms with Gasteiger partial charge in [0.25, 0.3) is 0 Å². The molecule has 0 spiro atoms. The van der Waals surface area contributed by atoms with Gasteiger partial charge in [0.2, 0.25) is 11.6 Å². The predicted octanol–water partition coefficient (Wildman–Crippen LogP) is 5.66. The molecule has 3 aromatic carbocycles. The number of hydrogen-bond acceptors (Lipinski definition) is 4. The molecule has 4 aromatic rings. The van der Waals surface area contributed by atoms with Crippen molar-refractivity contribution in [1.82, 2.24) is 14.8 Å². The molecule has 0 aliphatic rings. The molecule has 0 radical (unpaired) electrons. The Labute approximate surface area is 198 Å². The quantitative estimate of drug-likeness (QED) is 0.248. The Hall–Kier alpha value is -4.06. The second kappa shape index (κ2) is 10.7. The van der Waals surface area contributed by atoms with E-state index in [0.717, 1.165) is 36.2 Å². The van der Waals surface area contributed by atoms with Gasteiger partial charge in [0.05, 0.1) is 5.56 Å². The molecule has 1 heterocycles. The first-order valence-electron chi connectivity index (χ1n) is 11.5. The summed E-state index contributed by atoms with van der Waals surface area (Å²) in [7, 11) is 0. The molecule has 6 heteroatoms. The number of aromatic carboxylic acids is 1. The van der Waals surface area contributed by atoms with E-state index in [1.165, 1.54) is 0 Å². The Morgan fingerprint density at radius 2 is 1.59 bits per heavy atom. The number of aryl methyl sites for hydroxylation is 1. The van der Waals surface area contributed by atoms with E-state index in [1.54, 1.807) is 24.3 Å². The lowest BCUT2D eigenvalue weighted by molar-refractivity contribution is 0.0697. The minimum atomic E-state index is -0.949. The first-order valence-corrected chi connectivity index (χ1v) is 11.5. The van der Waals surface area contributed by atoms with Crippen LogP contribution in [-0.4, -0.2) is 31.6 Å². The normalized spacial score (nSPS) is 10.9. The highest BCUT2D eigenvalue weighted by Crippen LogP contribution is 2.25. The number of rotatable bonds is 10. The minimum absolute atomic E-state index is 0.184. The Bertz CT molecular complexity index is 1280. The van der Waals surface area contributed by atoms with E-state index in [0.29, 0.717) is 24.1 Å². The van der Waals surface area contributed by atoms with Crippen molar-refractivity contribution in [3.8, 4) is 11.1 Å². The second-order valence-electron chi connectivity index (χ2n) is 8.20. The number of carbonyl (C=O) groups excluding carboxylic acids is 1. The molecule has 0 fully saturated rings. The molecule has 0 atom stereocenters. The van der Waals surface area contributed by atoms with E-state index < -0.39 is 5.97 Å². The van der Waals surface area contributed by atoms with Crippen molar-refractivity contribution < 1.29 is 14.7 Å².